The molecule has 0 bridgehead atoms. The number of benzene rings is 1. The Bertz CT molecular complexity index is 807. The maximum Gasteiger partial charge on any atom is 0.260 e. The summed E-state index contributed by atoms with van der Waals surface area (Å²) < 4.78 is 40.0. The summed E-state index contributed by atoms with van der Waals surface area (Å²) in [6.45, 7) is 0.249. The first-order valence-electron chi connectivity index (χ1n) is 7.76. The fraction of sp³-hybridized carbons (Fsp3) is 0.353. The van der Waals surface area contributed by atoms with Gasteiger partial charge < -0.3 is 18.8 Å². The molecule has 1 aliphatic rings. The molecule has 1 aromatic heterocycles. The smallest absolute Gasteiger partial charge is 0.260 e. The lowest BCUT2D eigenvalue weighted by Crippen LogP contribution is -2.58. The Hall–Kier alpha value is -2.48. The van der Waals surface area contributed by atoms with Gasteiger partial charge in [0.1, 0.15) is 23.0 Å². The molecule has 2 aromatic rings. The monoisotopic (exact) mass is 365 g/mol. The summed E-state index contributed by atoms with van der Waals surface area (Å²) in [6.07, 6.45) is 1.44. The zero-order valence-electron chi connectivity index (χ0n) is 13.8. The van der Waals surface area contributed by atoms with Gasteiger partial charge in [0, 0.05) is 13.1 Å². The summed E-state index contributed by atoms with van der Waals surface area (Å²) in [4.78, 5) is 13.6. The topological polar surface area (TPSA) is 86.0 Å². The predicted octanol–water partition coefficient (Wildman–Crippen LogP) is 1.49. The number of ether oxygens (including phenoxy) is 2. The zero-order valence-corrected chi connectivity index (χ0v) is 14.6. The van der Waals surface area contributed by atoms with Crippen LogP contribution in [0.25, 0.3) is 0 Å². The molecule has 0 spiro atoms. The maximum atomic E-state index is 12.2. The van der Waals surface area contributed by atoms with Gasteiger partial charge in [0.25, 0.3) is 5.91 Å². The number of carbonyl (C=O) groups excluding carboxylic acids is 1. The summed E-state index contributed by atoms with van der Waals surface area (Å²) >= 11 is 0. The van der Waals surface area contributed by atoms with Gasteiger partial charge in [0.2, 0.25) is 0 Å². The van der Waals surface area contributed by atoms with Crippen LogP contribution in [0.5, 0.6) is 11.5 Å². The predicted molar refractivity (Wildman–Crippen MR) is 90.2 cm³/mol. The van der Waals surface area contributed by atoms with Crippen LogP contribution in [0, 0.1) is 0 Å². The zero-order chi connectivity index (χ0) is 17.9. The lowest BCUT2D eigenvalue weighted by molar-refractivity contribution is -0.136. The highest BCUT2D eigenvalue weighted by atomic mass is 32.2. The number of likely N-dealkylation sites (tertiary alicyclic amines) is 1. The van der Waals surface area contributed by atoms with Crippen LogP contribution in [0.1, 0.15) is 5.76 Å². The third-order valence-electron chi connectivity index (χ3n) is 4.05. The first-order chi connectivity index (χ1) is 12.0. The van der Waals surface area contributed by atoms with Crippen LogP contribution < -0.4 is 9.47 Å². The van der Waals surface area contributed by atoms with Crippen molar-refractivity contribution in [3.8, 4) is 11.5 Å². The summed E-state index contributed by atoms with van der Waals surface area (Å²) in [5.74, 6) is 1.28. The van der Waals surface area contributed by atoms with E-state index in [4.69, 9.17) is 13.9 Å². The van der Waals surface area contributed by atoms with Crippen molar-refractivity contribution >= 4 is 15.7 Å². The number of rotatable bonds is 7. The Balaban J connectivity index is 1.46. The second-order valence-corrected chi connectivity index (χ2v) is 8.05. The summed E-state index contributed by atoms with van der Waals surface area (Å²) in [5.41, 5.74) is 0. The first kappa shape index (κ1) is 17.3. The van der Waals surface area contributed by atoms with Gasteiger partial charge in [-0.25, -0.2) is 8.42 Å². The van der Waals surface area contributed by atoms with E-state index in [1.165, 1.54) is 11.2 Å². The molecule has 1 saturated heterocycles. The molecule has 2 heterocycles. The number of methoxy groups -OCH3 is 1. The average molecular weight is 365 g/mol. The van der Waals surface area contributed by atoms with E-state index < -0.39 is 15.1 Å². The minimum absolute atomic E-state index is 0.128. The quantitative estimate of drug-likeness (QED) is 0.739. The molecule has 7 nitrogen and oxygen atoms in total. The third-order valence-corrected chi connectivity index (χ3v) is 6.05. The molecule has 0 saturated carbocycles. The SMILES string of the molecule is COc1ccc(OCC(=O)N2CC(S(=O)(=O)Cc3ccco3)C2)cc1. The second-order valence-electron chi connectivity index (χ2n) is 5.77. The molecule has 25 heavy (non-hydrogen) atoms. The molecular formula is C17H19NO6S. The van der Waals surface area contributed by atoms with Gasteiger partial charge in [0.05, 0.1) is 18.6 Å². The lowest BCUT2D eigenvalue weighted by atomic mass is 10.2. The molecule has 0 aliphatic carbocycles. The highest BCUT2D eigenvalue weighted by Crippen LogP contribution is 2.21. The van der Waals surface area contributed by atoms with E-state index in [9.17, 15) is 13.2 Å². The number of sulfone groups is 1. The van der Waals surface area contributed by atoms with Crippen molar-refractivity contribution < 1.29 is 27.1 Å². The van der Waals surface area contributed by atoms with Crippen LogP contribution in [0.3, 0.4) is 0 Å². The van der Waals surface area contributed by atoms with Crippen LogP contribution in [0.4, 0.5) is 0 Å². The van der Waals surface area contributed by atoms with Gasteiger partial charge in [-0.3, -0.25) is 4.79 Å². The molecule has 0 atom stereocenters. The Morgan fingerprint density at radius 1 is 1.20 bits per heavy atom. The van der Waals surface area contributed by atoms with Crippen molar-refractivity contribution in [3.05, 3.63) is 48.4 Å². The van der Waals surface area contributed by atoms with Gasteiger partial charge in [-0.15, -0.1) is 0 Å². The number of carbonyl (C=O) groups is 1. The van der Waals surface area contributed by atoms with Crippen LogP contribution in [0.2, 0.25) is 0 Å². The molecule has 1 amide bonds. The molecule has 1 aromatic carbocycles. The standard InChI is InChI=1S/C17H19NO6S/c1-22-13-4-6-14(7-5-13)24-11-17(19)18-9-16(10-18)25(20,21)12-15-3-2-8-23-15/h2-8,16H,9-12H2,1H3. The minimum atomic E-state index is -3.33. The summed E-state index contributed by atoms with van der Waals surface area (Å²) in [6, 6.07) is 10.2. The third kappa shape index (κ3) is 4.14. The number of hydrogen-bond acceptors (Lipinski definition) is 6. The largest absolute Gasteiger partial charge is 0.497 e. The number of amides is 1. The number of hydrogen-bond donors (Lipinski definition) is 0. The molecule has 1 fully saturated rings. The van der Waals surface area contributed by atoms with Gasteiger partial charge >= 0.3 is 0 Å². The van der Waals surface area contributed by atoms with Crippen molar-refractivity contribution in [1.29, 1.82) is 0 Å². The molecule has 0 unspecified atom stereocenters. The highest BCUT2D eigenvalue weighted by molar-refractivity contribution is 7.91. The van der Waals surface area contributed by atoms with Gasteiger partial charge in [-0.2, -0.15) is 0 Å². The molecule has 134 valence electrons. The maximum absolute atomic E-state index is 12.2. The van der Waals surface area contributed by atoms with E-state index in [0.29, 0.717) is 17.3 Å². The van der Waals surface area contributed by atoms with Crippen LogP contribution in [-0.2, 0) is 20.4 Å². The van der Waals surface area contributed by atoms with Crippen LogP contribution in [-0.4, -0.2) is 51.3 Å². The van der Waals surface area contributed by atoms with Gasteiger partial charge in [-0.1, -0.05) is 0 Å². The minimum Gasteiger partial charge on any atom is -0.497 e. The van der Waals surface area contributed by atoms with E-state index in [1.54, 1.807) is 43.5 Å². The van der Waals surface area contributed by atoms with Crippen molar-refractivity contribution in [1.82, 2.24) is 4.90 Å². The molecular weight excluding hydrogens is 346 g/mol. The van der Waals surface area contributed by atoms with E-state index >= 15 is 0 Å². The molecule has 0 N–H and O–H groups in total. The molecule has 1 aliphatic heterocycles. The molecule has 3 rings (SSSR count). The summed E-state index contributed by atoms with van der Waals surface area (Å²) in [5, 5.41) is -0.553. The molecule has 0 radical (unpaired) electrons. The van der Waals surface area contributed by atoms with Crippen LogP contribution >= 0.6 is 0 Å². The van der Waals surface area contributed by atoms with Crippen molar-refractivity contribution in [2.45, 2.75) is 11.0 Å². The summed E-state index contributed by atoms with van der Waals surface area (Å²) in [7, 11) is -1.76. The second kappa shape index (κ2) is 7.18. The van der Waals surface area contributed by atoms with Crippen molar-refractivity contribution in [2.75, 3.05) is 26.8 Å². The average Bonchev–Trinajstić information content (AvgIpc) is 3.03. The number of nitrogens with zero attached hydrogens (tertiary/aromatic N) is 1. The Morgan fingerprint density at radius 2 is 1.88 bits per heavy atom. The van der Waals surface area contributed by atoms with E-state index in [1.807, 2.05) is 0 Å². The Kier molecular flexibility index (Phi) is 4.98. The van der Waals surface area contributed by atoms with E-state index in [2.05, 4.69) is 0 Å². The van der Waals surface area contributed by atoms with E-state index in [-0.39, 0.29) is 31.4 Å². The van der Waals surface area contributed by atoms with Crippen LogP contribution in [0.15, 0.2) is 47.1 Å². The number of furan rings is 1. The van der Waals surface area contributed by atoms with Gasteiger partial charge in [0.15, 0.2) is 16.4 Å². The Labute approximate surface area is 146 Å². The van der Waals surface area contributed by atoms with Gasteiger partial charge in [-0.05, 0) is 36.4 Å². The lowest BCUT2D eigenvalue weighted by Gasteiger charge is -2.38. The highest BCUT2D eigenvalue weighted by Gasteiger charge is 2.40. The fourth-order valence-corrected chi connectivity index (χ4v) is 4.10. The van der Waals surface area contributed by atoms with E-state index in [0.717, 1.165) is 0 Å². The first-order valence-corrected chi connectivity index (χ1v) is 9.48. The van der Waals surface area contributed by atoms with Crippen molar-refractivity contribution in [2.24, 2.45) is 0 Å². The fourth-order valence-electron chi connectivity index (χ4n) is 2.49. The normalized spacial score (nSPS) is 14.8. The Morgan fingerprint density at radius 3 is 2.48 bits per heavy atom. The molecule has 8 heteroatoms. The van der Waals surface area contributed by atoms with Crippen molar-refractivity contribution in [3.63, 3.8) is 0 Å².